The summed E-state index contributed by atoms with van der Waals surface area (Å²) in [6.45, 7) is 3.55. The number of nitrogens with one attached hydrogen (secondary N) is 2. The van der Waals surface area contributed by atoms with Gasteiger partial charge in [-0.25, -0.2) is 21.9 Å². The topological polar surface area (TPSA) is 84.5 Å². The van der Waals surface area contributed by atoms with Gasteiger partial charge in [-0.05, 0) is 44.0 Å². The molecule has 1 aliphatic heterocycles. The number of sulfonamides is 1. The van der Waals surface area contributed by atoms with Gasteiger partial charge in [-0.15, -0.1) is 0 Å². The fraction of sp³-hybridized carbons (Fsp3) is 0.389. The maximum absolute atomic E-state index is 15.1. The van der Waals surface area contributed by atoms with Gasteiger partial charge >= 0.3 is 0 Å². The van der Waals surface area contributed by atoms with Crippen molar-refractivity contribution in [2.24, 2.45) is 0 Å². The van der Waals surface area contributed by atoms with Crippen LogP contribution in [0.15, 0.2) is 40.6 Å². The zero-order chi connectivity index (χ0) is 20.7. The summed E-state index contributed by atoms with van der Waals surface area (Å²) in [7, 11) is -4.18. The van der Waals surface area contributed by atoms with Crippen LogP contribution in [0.25, 0.3) is 0 Å². The third kappa shape index (κ3) is 4.19. The molecule has 0 aromatic heterocycles. The van der Waals surface area contributed by atoms with Gasteiger partial charge in [0.15, 0.2) is 5.83 Å². The van der Waals surface area contributed by atoms with Crippen LogP contribution in [0, 0.1) is 12.7 Å². The van der Waals surface area contributed by atoms with Crippen molar-refractivity contribution in [1.82, 2.24) is 4.72 Å². The molecule has 2 aliphatic rings. The summed E-state index contributed by atoms with van der Waals surface area (Å²) in [5, 5.41) is 2.49. The van der Waals surface area contributed by atoms with E-state index in [2.05, 4.69) is 26.0 Å². The van der Waals surface area contributed by atoms with E-state index in [1.807, 2.05) is 0 Å². The number of carbonyl (C=O) groups excluding carboxylic acids is 1. The molecule has 1 heterocycles. The number of amides is 1. The lowest BCUT2D eigenvalue weighted by Gasteiger charge is -2.38. The third-order valence-corrected chi connectivity index (χ3v) is 6.97. The van der Waals surface area contributed by atoms with Crippen molar-refractivity contribution in [3.05, 3.63) is 52.0 Å². The summed E-state index contributed by atoms with van der Waals surface area (Å²) in [4.78, 5) is 11.3. The van der Waals surface area contributed by atoms with Crippen LogP contribution >= 0.6 is 15.9 Å². The Morgan fingerprint density at radius 3 is 2.57 bits per heavy atom. The fourth-order valence-electron chi connectivity index (χ4n) is 2.93. The monoisotopic (exact) mass is 476 g/mol. The molecule has 2 N–H and O–H groups in total. The summed E-state index contributed by atoms with van der Waals surface area (Å²) in [6, 6.07) is 3.94. The van der Waals surface area contributed by atoms with Crippen LogP contribution in [0.4, 0.5) is 14.5 Å². The average molecular weight is 477 g/mol. The van der Waals surface area contributed by atoms with Crippen molar-refractivity contribution < 1.29 is 26.7 Å². The number of ether oxygens (including phenoxy) is 1. The lowest BCUT2D eigenvalue weighted by atomic mass is 10.0. The minimum absolute atomic E-state index is 0.113. The molecule has 0 radical (unpaired) electrons. The number of benzene rings is 1. The van der Waals surface area contributed by atoms with Crippen LogP contribution < -0.4 is 10.0 Å². The number of anilines is 1. The predicted octanol–water partition coefficient (Wildman–Crippen LogP) is 3.06. The Kier molecular flexibility index (Phi) is 5.77. The molecule has 6 nitrogen and oxygen atoms in total. The maximum Gasteiger partial charge on any atom is 0.255 e. The molecule has 0 bridgehead atoms. The molecule has 1 aliphatic carbocycles. The molecule has 0 unspecified atom stereocenters. The lowest BCUT2D eigenvalue weighted by Crippen LogP contribution is -2.60. The molecule has 10 heteroatoms. The Bertz CT molecular complexity index is 987. The smallest absolute Gasteiger partial charge is 0.255 e. The van der Waals surface area contributed by atoms with E-state index in [9.17, 15) is 17.6 Å². The highest BCUT2D eigenvalue weighted by Gasteiger charge is 2.41. The van der Waals surface area contributed by atoms with Crippen LogP contribution in [0.2, 0.25) is 0 Å². The van der Waals surface area contributed by atoms with E-state index < -0.39 is 42.8 Å². The molecular weight excluding hydrogens is 458 g/mol. The number of hydrogen-bond acceptors (Lipinski definition) is 4. The second-order valence-electron chi connectivity index (χ2n) is 7.08. The number of hydrogen-bond donors (Lipinski definition) is 2. The molecule has 152 valence electrons. The van der Waals surface area contributed by atoms with Gasteiger partial charge in [0.05, 0.1) is 29.2 Å². The predicted molar refractivity (Wildman–Crippen MR) is 105 cm³/mol. The zero-order valence-electron chi connectivity index (χ0n) is 15.2. The summed E-state index contributed by atoms with van der Waals surface area (Å²) in [5.41, 5.74) is -0.547. The van der Waals surface area contributed by atoms with Crippen LogP contribution in [0.5, 0.6) is 0 Å². The SMILES string of the molecule is Cc1cc(NC(=O)C2=C(F)C(S(=O)(=O)NC3(C)COC3)=CC[C@@H]2Br)ccc1F. The second-order valence-corrected chi connectivity index (χ2v) is 9.83. The number of rotatable bonds is 5. The zero-order valence-corrected chi connectivity index (χ0v) is 17.6. The quantitative estimate of drug-likeness (QED) is 0.639. The van der Waals surface area contributed by atoms with Crippen molar-refractivity contribution in [3.63, 3.8) is 0 Å². The Balaban J connectivity index is 1.87. The first-order valence-corrected chi connectivity index (χ1v) is 10.9. The van der Waals surface area contributed by atoms with Gasteiger partial charge in [0, 0.05) is 5.69 Å². The normalized spacial score (nSPS) is 21.8. The van der Waals surface area contributed by atoms with E-state index in [0.717, 1.165) is 0 Å². The average Bonchev–Trinajstić information content (AvgIpc) is 2.56. The minimum atomic E-state index is -4.18. The molecule has 1 aromatic carbocycles. The largest absolute Gasteiger partial charge is 0.377 e. The highest BCUT2D eigenvalue weighted by Crippen LogP contribution is 2.35. The third-order valence-electron chi connectivity index (χ3n) is 4.45. The van der Waals surface area contributed by atoms with Gasteiger partial charge < -0.3 is 10.1 Å². The van der Waals surface area contributed by atoms with Gasteiger partial charge in [0.2, 0.25) is 10.0 Å². The van der Waals surface area contributed by atoms with E-state index in [1.165, 1.54) is 31.2 Å². The highest BCUT2D eigenvalue weighted by molar-refractivity contribution is 9.09. The number of alkyl halides is 1. The number of allylic oxidation sites excluding steroid dienone is 2. The number of carbonyl (C=O) groups is 1. The van der Waals surface area contributed by atoms with Crippen LogP contribution in [-0.4, -0.2) is 37.9 Å². The standard InChI is InChI=1S/C18H19BrF2N2O4S/c1-10-7-11(3-5-13(10)20)22-17(24)15-12(19)4-6-14(16(15)21)28(25,26)23-18(2)8-27-9-18/h3,5-7,12,23H,4,8-9H2,1-2H3,(H,22,24)/t12-/m0/s1. The summed E-state index contributed by atoms with van der Waals surface area (Å²) in [6.07, 6.45) is 1.35. The van der Waals surface area contributed by atoms with E-state index in [4.69, 9.17) is 4.74 Å². The number of halogens is 3. The Labute approximate surface area is 170 Å². The molecule has 3 rings (SSSR count). The Morgan fingerprint density at radius 1 is 1.32 bits per heavy atom. The van der Waals surface area contributed by atoms with Crippen molar-refractivity contribution in [2.75, 3.05) is 18.5 Å². The second kappa shape index (κ2) is 7.66. The Hall–Kier alpha value is -1.62. The van der Waals surface area contributed by atoms with Crippen LogP contribution in [0.1, 0.15) is 18.9 Å². The molecule has 28 heavy (non-hydrogen) atoms. The molecular formula is C18H19BrF2N2O4S. The minimum Gasteiger partial charge on any atom is -0.377 e. The fourth-order valence-corrected chi connectivity index (χ4v) is 5.06. The highest BCUT2D eigenvalue weighted by atomic mass is 79.9. The first-order valence-electron chi connectivity index (χ1n) is 8.46. The summed E-state index contributed by atoms with van der Waals surface area (Å²) < 4.78 is 61.1. The molecule has 1 fully saturated rings. The van der Waals surface area contributed by atoms with Crippen LogP contribution in [-0.2, 0) is 19.6 Å². The number of aryl methyl sites for hydroxylation is 1. The summed E-state index contributed by atoms with van der Waals surface area (Å²) in [5.74, 6) is -2.36. The molecule has 0 spiro atoms. The van der Waals surface area contributed by atoms with Crippen molar-refractivity contribution in [2.45, 2.75) is 30.6 Å². The molecule has 1 aromatic rings. The molecule has 1 atom stereocenters. The molecule has 0 saturated carbocycles. The van der Waals surface area contributed by atoms with Gasteiger partial charge in [-0.3, -0.25) is 4.79 Å². The van der Waals surface area contributed by atoms with E-state index in [0.29, 0.717) is 5.56 Å². The molecule has 1 saturated heterocycles. The first-order chi connectivity index (χ1) is 13.0. The Morgan fingerprint density at radius 2 is 2.00 bits per heavy atom. The maximum atomic E-state index is 15.1. The van der Waals surface area contributed by atoms with Crippen molar-refractivity contribution in [3.8, 4) is 0 Å². The lowest BCUT2D eigenvalue weighted by molar-refractivity contribution is -0.113. The van der Waals surface area contributed by atoms with E-state index in [-0.39, 0.29) is 30.9 Å². The summed E-state index contributed by atoms with van der Waals surface area (Å²) >= 11 is 3.22. The molecule has 1 amide bonds. The van der Waals surface area contributed by atoms with E-state index >= 15 is 4.39 Å². The van der Waals surface area contributed by atoms with Crippen molar-refractivity contribution >= 4 is 37.5 Å². The van der Waals surface area contributed by atoms with Gasteiger partial charge in [-0.2, -0.15) is 0 Å². The van der Waals surface area contributed by atoms with Gasteiger partial charge in [-0.1, -0.05) is 22.0 Å². The van der Waals surface area contributed by atoms with Gasteiger partial charge in [0.25, 0.3) is 5.91 Å². The van der Waals surface area contributed by atoms with Crippen LogP contribution in [0.3, 0.4) is 0 Å². The van der Waals surface area contributed by atoms with Crippen molar-refractivity contribution in [1.29, 1.82) is 0 Å². The van der Waals surface area contributed by atoms with E-state index in [1.54, 1.807) is 6.92 Å². The van der Waals surface area contributed by atoms with Gasteiger partial charge in [0.1, 0.15) is 10.7 Å². The first kappa shape index (κ1) is 21.1.